The summed E-state index contributed by atoms with van der Waals surface area (Å²) >= 11 is 1.72. The Balaban J connectivity index is 2.32. The molecular weight excluding hydrogens is 248 g/mol. The zero-order valence-electron chi connectivity index (χ0n) is 11.7. The highest BCUT2D eigenvalue weighted by Crippen LogP contribution is 2.23. The summed E-state index contributed by atoms with van der Waals surface area (Å²) in [4.78, 5) is 18.5. The lowest BCUT2D eigenvalue weighted by Crippen LogP contribution is -2.38. The summed E-state index contributed by atoms with van der Waals surface area (Å²) in [5.74, 6) is 0. The van der Waals surface area contributed by atoms with Crippen LogP contribution in [-0.2, 0) is 0 Å². The molecule has 5 nitrogen and oxygen atoms in total. The van der Waals surface area contributed by atoms with Crippen LogP contribution in [0.1, 0.15) is 28.5 Å². The first-order chi connectivity index (χ1) is 8.41. The van der Waals surface area contributed by atoms with E-state index in [1.165, 1.54) is 9.78 Å². The fraction of sp³-hybridized carbons (Fsp3) is 0.667. The quantitative estimate of drug-likeness (QED) is 0.800. The summed E-state index contributed by atoms with van der Waals surface area (Å²) in [6.45, 7) is 7.54. The van der Waals surface area contributed by atoms with Crippen molar-refractivity contribution in [1.29, 1.82) is 0 Å². The minimum Gasteiger partial charge on any atom is -0.337 e. The summed E-state index contributed by atoms with van der Waals surface area (Å²) in [6.07, 6.45) is 0. The highest BCUT2D eigenvalue weighted by molar-refractivity contribution is 7.11. The Hall–Kier alpha value is -1.14. The summed E-state index contributed by atoms with van der Waals surface area (Å²) in [5, 5.41) is 7.30. The average Bonchev–Trinajstić information content (AvgIpc) is 2.63. The summed E-state index contributed by atoms with van der Waals surface area (Å²) in [7, 11) is 3.46. The Bertz CT molecular complexity index is 403. The van der Waals surface area contributed by atoms with Crippen LogP contribution in [0.25, 0.3) is 0 Å². The number of carbonyl (C=O) groups is 1. The van der Waals surface area contributed by atoms with Crippen molar-refractivity contribution < 1.29 is 4.79 Å². The fourth-order valence-corrected chi connectivity index (χ4v) is 2.61. The largest absolute Gasteiger partial charge is 0.337 e. The number of aryl methyl sites for hydroxylation is 2. The van der Waals surface area contributed by atoms with E-state index in [1.54, 1.807) is 25.4 Å². The minimum atomic E-state index is -0.0609. The third kappa shape index (κ3) is 4.27. The second-order valence-electron chi connectivity index (χ2n) is 4.48. The van der Waals surface area contributed by atoms with Gasteiger partial charge >= 0.3 is 6.03 Å². The maximum absolute atomic E-state index is 11.3. The van der Waals surface area contributed by atoms with Gasteiger partial charge < -0.3 is 15.5 Å². The van der Waals surface area contributed by atoms with Gasteiger partial charge in [0.25, 0.3) is 0 Å². The van der Waals surface area contributed by atoms with Crippen LogP contribution in [0, 0.1) is 13.8 Å². The minimum absolute atomic E-state index is 0.0609. The smallest absolute Gasteiger partial charge is 0.316 e. The molecule has 0 aliphatic carbocycles. The first kappa shape index (κ1) is 14.9. The molecule has 0 aliphatic heterocycles. The molecule has 0 saturated heterocycles. The molecule has 0 spiro atoms. The number of aromatic nitrogens is 1. The van der Waals surface area contributed by atoms with Crippen LogP contribution in [0.3, 0.4) is 0 Å². The van der Waals surface area contributed by atoms with Crippen LogP contribution in [0.2, 0.25) is 0 Å². The van der Waals surface area contributed by atoms with Gasteiger partial charge in [0.1, 0.15) is 0 Å². The van der Waals surface area contributed by atoms with E-state index in [9.17, 15) is 4.79 Å². The molecule has 18 heavy (non-hydrogen) atoms. The van der Waals surface area contributed by atoms with Crippen molar-refractivity contribution in [3.63, 3.8) is 0 Å². The predicted molar refractivity (Wildman–Crippen MR) is 75.1 cm³/mol. The Morgan fingerprint density at radius 2 is 2.06 bits per heavy atom. The molecular formula is C12H22N4OS. The molecule has 1 aromatic rings. The second kappa shape index (κ2) is 6.70. The van der Waals surface area contributed by atoms with Crippen molar-refractivity contribution in [2.75, 3.05) is 27.2 Å². The molecule has 0 fully saturated rings. The topological polar surface area (TPSA) is 57.3 Å². The zero-order valence-corrected chi connectivity index (χ0v) is 12.5. The van der Waals surface area contributed by atoms with E-state index >= 15 is 0 Å². The Labute approximate surface area is 113 Å². The first-order valence-electron chi connectivity index (χ1n) is 6.04. The molecule has 0 aliphatic rings. The van der Waals surface area contributed by atoms with Gasteiger partial charge in [0.05, 0.1) is 10.7 Å². The van der Waals surface area contributed by atoms with E-state index in [-0.39, 0.29) is 12.1 Å². The van der Waals surface area contributed by atoms with E-state index in [1.807, 2.05) is 13.8 Å². The van der Waals surface area contributed by atoms with Crippen LogP contribution in [0.4, 0.5) is 4.79 Å². The van der Waals surface area contributed by atoms with Crippen molar-refractivity contribution >= 4 is 17.4 Å². The van der Waals surface area contributed by atoms with Gasteiger partial charge in [-0.1, -0.05) is 0 Å². The Morgan fingerprint density at radius 1 is 1.39 bits per heavy atom. The van der Waals surface area contributed by atoms with Gasteiger partial charge in [0.15, 0.2) is 0 Å². The lowest BCUT2D eigenvalue weighted by Gasteiger charge is -2.15. The third-order valence-electron chi connectivity index (χ3n) is 2.59. The Morgan fingerprint density at radius 3 is 2.56 bits per heavy atom. The van der Waals surface area contributed by atoms with Gasteiger partial charge in [-0.25, -0.2) is 9.78 Å². The summed E-state index contributed by atoms with van der Waals surface area (Å²) in [6, 6.07) is 0.210. The van der Waals surface area contributed by atoms with Crippen LogP contribution < -0.4 is 10.6 Å². The van der Waals surface area contributed by atoms with E-state index < -0.39 is 0 Å². The molecule has 0 radical (unpaired) electrons. The number of amides is 2. The van der Waals surface area contributed by atoms with Crippen molar-refractivity contribution in [1.82, 2.24) is 20.5 Å². The molecule has 1 unspecified atom stereocenters. The molecule has 0 aromatic carbocycles. The van der Waals surface area contributed by atoms with Gasteiger partial charge in [-0.05, 0) is 20.8 Å². The molecule has 1 rings (SSSR count). The van der Waals surface area contributed by atoms with Crippen LogP contribution in [-0.4, -0.2) is 43.1 Å². The van der Waals surface area contributed by atoms with Gasteiger partial charge in [0, 0.05) is 38.1 Å². The van der Waals surface area contributed by atoms with Gasteiger partial charge in [-0.3, -0.25) is 0 Å². The Kier molecular flexibility index (Phi) is 5.55. The monoisotopic (exact) mass is 270 g/mol. The highest BCUT2D eigenvalue weighted by Gasteiger charge is 2.12. The molecule has 1 aromatic heterocycles. The average molecular weight is 270 g/mol. The number of hydrogen-bond acceptors (Lipinski definition) is 4. The van der Waals surface area contributed by atoms with Crippen LogP contribution >= 0.6 is 11.3 Å². The lowest BCUT2D eigenvalue weighted by atomic mass is 10.2. The molecule has 2 N–H and O–H groups in total. The van der Waals surface area contributed by atoms with Crippen molar-refractivity contribution in [3.8, 4) is 0 Å². The van der Waals surface area contributed by atoms with E-state index in [4.69, 9.17) is 0 Å². The van der Waals surface area contributed by atoms with Crippen molar-refractivity contribution in [3.05, 3.63) is 15.6 Å². The van der Waals surface area contributed by atoms with E-state index in [0.29, 0.717) is 6.54 Å². The summed E-state index contributed by atoms with van der Waals surface area (Å²) < 4.78 is 0. The number of hydrogen-bond donors (Lipinski definition) is 2. The SMILES string of the molecule is Cc1nc(C)c(C(C)NCCNC(=O)N(C)C)s1. The third-order valence-corrected chi connectivity index (χ3v) is 3.85. The molecule has 0 saturated carbocycles. The lowest BCUT2D eigenvalue weighted by molar-refractivity contribution is 0.217. The maximum Gasteiger partial charge on any atom is 0.316 e. The van der Waals surface area contributed by atoms with E-state index in [2.05, 4.69) is 22.5 Å². The number of rotatable bonds is 5. The van der Waals surface area contributed by atoms with E-state index in [0.717, 1.165) is 17.2 Å². The summed E-state index contributed by atoms with van der Waals surface area (Å²) in [5.41, 5.74) is 1.09. The molecule has 6 heteroatoms. The molecule has 102 valence electrons. The zero-order chi connectivity index (χ0) is 13.7. The normalized spacial score (nSPS) is 12.3. The standard InChI is InChI=1S/C12H22N4OS/c1-8(11-9(2)15-10(3)18-11)13-6-7-14-12(17)16(4)5/h8,13H,6-7H2,1-5H3,(H,14,17). The number of urea groups is 1. The second-order valence-corrected chi connectivity index (χ2v) is 5.72. The number of nitrogens with zero attached hydrogens (tertiary/aromatic N) is 2. The number of carbonyl (C=O) groups excluding carboxylic acids is 1. The molecule has 0 bridgehead atoms. The number of nitrogens with one attached hydrogen (secondary N) is 2. The van der Waals surface area contributed by atoms with Crippen molar-refractivity contribution in [2.45, 2.75) is 26.8 Å². The highest BCUT2D eigenvalue weighted by atomic mass is 32.1. The van der Waals surface area contributed by atoms with Gasteiger partial charge in [-0.15, -0.1) is 11.3 Å². The number of thiazole rings is 1. The fourth-order valence-electron chi connectivity index (χ4n) is 1.66. The van der Waals surface area contributed by atoms with Crippen molar-refractivity contribution in [2.24, 2.45) is 0 Å². The van der Waals surface area contributed by atoms with Crippen LogP contribution in [0.5, 0.6) is 0 Å². The van der Waals surface area contributed by atoms with Crippen LogP contribution in [0.15, 0.2) is 0 Å². The molecule has 1 heterocycles. The predicted octanol–water partition coefficient (Wildman–Crippen LogP) is 1.68. The molecule has 1 atom stereocenters. The molecule has 2 amide bonds. The maximum atomic E-state index is 11.3. The van der Waals surface area contributed by atoms with Gasteiger partial charge in [-0.2, -0.15) is 0 Å². The first-order valence-corrected chi connectivity index (χ1v) is 6.86. The van der Waals surface area contributed by atoms with Gasteiger partial charge in [0.2, 0.25) is 0 Å².